The molecule has 0 heterocycles. The highest BCUT2D eigenvalue weighted by molar-refractivity contribution is 6.30. The maximum absolute atomic E-state index is 11.4. The monoisotopic (exact) mass is 292 g/mol. The average molecular weight is 293 g/mol. The lowest BCUT2D eigenvalue weighted by Crippen LogP contribution is -2.43. The van der Waals surface area contributed by atoms with Crippen LogP contribution < -0.4 is 10.6 Å². The third-order valence-corrected chi connectivity index (χ3v) is 4.54. The number of hydrogen-bond donors (Lipinski definition) is 2. The van der Waals surface area contributed by atoms with E-state index in [0.717, 1.165) is 31.0 Å². The van der Waals surface area contributed by atoms with Crippen LogP contribution in [0.3, 0.4) is 0 Å². The first-order valence-corrected chi connectivity index (χ1v) is 7.87. The Balaban J connectivity index is 1.30. The molecule has 108 valence electrons. The van der Waals surface area contributed by atoms with Gasteiger partial charge in [0, 0.05) is 30.1 Å². The van der Waals surface area contributed by atoms with E-state index in [9.17, 15) is 4.79 Å². The van der Waals surface area contributed by atoms with Crippen molar-refractivity contribution in [1.29, 1.82) is 0 Å². The molecule has 4 heteroatoms. The topological polar surface area (TPSA) is 41.1 Å². The number of nitrogens with one attached hydrogen (secondary N) is 2. The second-order valence-corrected chi connectivity index (χ2v) is 6.37. The molecule has 0 aliphatic heterocycles. The number of benzene rings is 1. The van der Waals surface area contributed by atoms with Gasteiger partial charge in [0.1, 0.15) is 0 Å². The van der Waals surface area contributed by atoms with Gasteiger partial charge in [0.25, 0.3) is 0 Å². The van der Waals surface area contributed by atoms with Crippen LogP contribution in [0.2, 0.25) is 5.02 Å². The van der Waals surface area contributed by atoms with Crippen LogP contribution in [-0.2, 0) is 4.79 Å². The predicted octanol–water partition coefficient (Wildman–Crippen LogP) is 2.70. The first-order chi connectivity index (χ1) is 9.72. The van der Waals surface area contributed by atoms with Crippen LogP contribution in [0.25, 0.3) is 0 Å². The number of halogens is 1. The largest absolute Gasteiger partial charge is 0.355 e. The quantitative estimate of drug-likeness (QED) is 0.792. The minimum absolute atomic E-state index is 0.236. The van der Waals surface area contributed by atoms with Gasteiger partial charge in [-0.2, -0.15) is 0 Å². The molecular weight excluding hydrogens is 272 g/mol. The van der Waals surface area contributed by atoms with Gasteiger partial charge in [-0.1, -0.05) is 23.7 Å². The van der Waals surface area contributed by atoms with Crippen molar-refractivity contribution in [3.63, 3.8) is 0 Å². The molecule has 3 rings (SSSR count). The van der Waals surface area contributed by atoms with Crippen molar-refractivity contribution in [2.24, 2.45) is 5.92 Å². The van der Waals surface area contributed by atoms with Gasteiger partial charge in [0.15, 0.2) is 0 Å². The molecule has 2 fully saturated rings. The van der Waals surface area contributed by atoms with Gasteiger partial charge in [0.05, 0.1) is 0 Å². The van der Waals surface area contributed by atoms with Crippen molar-refractivity contribution < 1.29 is 4.79 Å². The van der Waals surface area contributed by atoms with E-state index < -0.39 is 0 Å². The molecule has 0 aromatic heterocycles. The van der Waals surface area contributed by atoms with E-state index in [1.54, 1.807) is 0 Å². The lowest BCUT2D eigenvalue weighted by Gasteiger charge is -2.36. The second-order valence-electron chi connectivity index (χ2n) is 5.94. The zero-order valence-electron chi connectivity index (χ0n) is 11.6. The van der Waals surface area contributed by atoms with Crippen LogP contribution in [-0.4, -0.2) is 25.0 Å². The maximum Gasteiger partial charge on any atom is 0.223 e. The predicted molar refractivity (Wildman–Crippen MR) is 81.0 cm³/mol. The second kappa shape index (κ2) is 6.15. The third-order valence-electron chi connectivity index (χ3n) is 4.28. The summed E-state index contributed by atoms with van der Waals surface area (Å²) < 4.78 is 0. The van der Waals surface area contributed by atoms with E-state index in [0.29, 0.717) is 17.9 Å². The Morgan fingerprint density at radius 1 is 1.15 bits per heavy atom. The summed E-state index contributed by atoms with van der Waals surface area (Å²) >= 11 is 5.90. The number of hydrogen-bond acceptors (Lipinski definition) is 2. The molecule has 1 aromatic carbocycles. The molecule has 0 radical (unpaired) electrons. The van der Waals surface area contributed by atoms with E-state index >= 15 is 0 Å². The fraction of sp³-hybridized carbons (Fsp3) is 0.562. The van der Waals surface area contributed by atoms with E-state index in [-0.39, 0.29) is 5.91 Å². The van der Waals surface area contributed by atoms with Crippen LogP contribution >= 0.6 is 11.6 Å². The normalized spacial score (nSPS) is 25.1. The summed E-state index contributed by atoms with van der Waals surface area (Å²) in [6.45, 7) is 1.62. The van der Waals surface area contributed by atoms with Crippen LogP contribution in [0.5, 0.6) is 0 Å². The average Bonchev–Trinajstić information content (AvgIpc) is 3.22. The van der Waals surface area contributed by atoms with Crippen LogP contribution in [0.1, 0.15) is 37.2 Å². The summed E-state index contributed by atoms with van der Waals surface area (Å²) in [6, 6.07) is 8.77. The van der Waals surface area contributed by atoms with Gasteiger partial charge >= 0.3 is 0 Å². The van der Waals surface area contributed by atoms with E-state index in [1.807, 2.05) is 12.1 Å². The van der Waals surface area contributed by atoms with Crippen LogP contribution in [0.15, 0.2) is 24.3 Å². The van der Waals surface area contributed by atoms with Gasteiger partial charge in [-0.15, -0.1) is 0 Å². The van der Waals surface area contributed by atoms with Crippen LogP contribution in [0.4, 0.5) is 0 Å². The third kappa shape index (κ3) is 3.53. The SMILES string of the molecule is O=C(NCCNC1CC(c2ccc(Cl)cc2)C1)C1CC1. The fourth-order valence-electron chi connectivity index (χ4n) is 2.74. The Labute approximate surface area is 125 Å². The highest BCUT2D eigenvalue weighted by atomic mass is 35.5. The summed E-state index contributed by atoms with van der Waals surface area (Å²) in [5.41, 5.74) is 1.38. The molecule has 0 unspecified atom stereocenters. The molecule has 2 aliphatic carbocycles. The van der Waals surface area contributed by atoms with Crippen molar-refractivity contribution in [1.82, 2.24) is 10.6 Å². The van der Waals surface area contributed by atoms with Gasteiger partial charge in [-0.25, -0.2) is 0 Å². The molecule has 0 saturated heterocycles. The summed E-state index contributed by atoms with van der Waals surface area (Å²) in [4.78, 5) is 11.4. The zero-order valence-corrected chi connectivity index (χ0v) is 12.3. The van der Waals surface area contributed by atoms with Gasteiger partial charge in [0.2, 0.25) is 5.91 Å². The molecule has 0 atom stereocenters. The number of amides is 1. The molecule has 20 heavy (non-hydrogen) atoms. The molecule has 3 nitrogen and oxygen atoms in total. The Hall–Kier alpha value is -1.06. The van der Waals surface area contributed by atoms with Crippen molar-refractivity contribution in [3.8, 4) is 0 Å². The summed E-state index contributed by atoms with van der Waals surface area (Å²) in [7, 11) is 0. The summed E-state index contributed by atoms with van der Waals surface area (Å²) in [5.74, 6) is 1.21. The van der Waals surface area contributed by atoms with Gasteiger partial charge < -0.3 is 10.6 Å². The van der Waals surface area contributed by atoms with Crippen molar-refractivity contribution in [3.05, 3.63) is 34.9 Å². The Kier molecular flexibility index (Phi) is 4.27. The Morgan fingerprint density at radius 2 is 1.85 bits per heavy atom. The highest BCUT2D eigenvalue weighted by Gasteiger charge is 2.30. The number of rotatable bonds is 6. The lowest BCUT2D eigenvalue weighted by atomic mass is 9.76. The molecule has 2 N–H and O–H groups in total. The minimum atomic E-state index is 0.236. The summed E-state index contributed by atoms with van der Waals surface area (Å²) in [6.07, 6.45) is 4.51. The first-order valence-electron chi connectivity index (χ1n) is 7.49. The first kappa shape index (κ1) is 13.9. The molecule has 0 bridgehead atoms. The van der Waals surface area contributed by atoms with Crippen molar-refractivity contribution >= 4 is 17.5 Å². The molecule has 1 amide bonds. The lowest BCUT2D eigenvalue weighted by molar-refractivity contribution is -0.122. The maximum atomic E-state index is 11.4. The van der Waals surface area contributed by atoms with Gasteiger partial charge in [-0.3, -0.25) is 4.79 Å². The minimum Gasteiger partial charge on any atom is -0.355 e. The van der Waals surface area contributed by atoms with E-state index in [2.05, 4.69) is 22.8 Å². The molecule has 0 spiro atoms. The Morgan fingerprint density at radius 3 is 2.50 bits per heavy atom. The zero-order chi connectivity index (χ0) is 13.9. The molecule has 2 aliphatic rings. The van der Waals surface area contributed by atoms with Gasteiger partial charge in [-0.05, 0) is 49.3 Å². The Bertz CT molecular complexity index is 464. The summed E-state index contributed by atoms with van der Waals surface area (Å²) in [5, 5.41) is 7.29. The highest BCUT2D eigenvalue weighted by Crippen LogP contribution is 2.37. The van der Waals surface area contributed by atoms with Crippen LogP contribution in [0, 0.1) is 5.92 Å². The van der Waals surface area contributed by atoms with E-state index in [1.165, 1.54) is 18.4 Å². The fourth-order valence-corrected chi connectivity index (χ4v) is 2.87. The smallest absolute Gasteiger partial charge is 0.223 e. The molecular formula is C16H21ClN2O. The molecule has 1 aromatic rings. The number of carbonyl (C=O) groups excluding carboxylic acids is 1. The van der Waals surface area contributed by atoms with E-state index in [4.69, 9.17) is 11.6 Å². The number of carbonyl (C=O) groups is 1. The molecule has 2 saturated carbocycles. The standard InChI is InChI=1S/C16H21ClN2O/c17-14-5-3-11(4-6-14)13-9-15(10-13)18-7-8-19-16(20)12-1-2-12/h3-6,12-13,15,18H,1-2,7-10H2,(H,19,20). The van der Waals surface area contributed by atoms with Crippen molar-refractivity contribution in [2.45, 2.75) is 37.6 Å². The van der Waals surface area contributed by atoms with Crippen molar-refractivity contribution in [2.75, 3.05) is 13.1 Å².